The first-order valence-electron chi connectivity index (χ1n) is 3.86. The number of ether oxygens (including phenoxy) is 1. The van der Waals surface area contributed by atoms with E-state index in [0.717, 1.165) is 24.3 Å². The lowest BCUT2D eigenvalue weighted by atomic mass is 10.3. The minimum Gasteiger partial charge on any atom is -0.504 e. The van der Waals surface area contributed by atoms with E-state index < -0.39 is 10.9 Å². The van der Waals surface area contributed by atoms with E-state index in [0.29, 0.717) is 0 Å². The van der Waals surface area contributed by atoms with E-state index in [1.54, 1.807) is 0 Å². The standard InChI is InChI=1S/C9H7NO5/c1-2-9(12)15-8-5-6(10(13)14)3-4-7(8)11/h2-5,11H,1H2. The van der Waals surface area contributed by atoms with Crippen LogP contribution < -0.4 is 4.74 Å². The van der Waals surface area contributed by atoms with Gasteiger partial charge in [-0.3, -0.25) is 10.1 Å². The van der Waals surface area contributed by atoms with Gasteiger partial charge in [0.05, 0.1) is 11.0 Å². The van der Waals surface area contributed by atoms with Gasteiger partial charge in [0.25, 0.3) is 5.69 Å². The number of aromatic hydroxyl groups is 1. The van der Waals surface area contributed by atoms with Gasteiger partial charge in [0.15, 0.2) is 11.5 Å². The monoisotopic (exact) mass is 209 g/mol. The Balaban J connectivity index is 3.05. The predicted octanol–water partition coefficient (Wildman–Crippen LogP) is 1.39. The van der Waals surface area contributed by atoms with Gasteiger partial charge in [0, 0.05) is 12.1 Å². The lowest BCUT2D eigenvalue weighted by Crippen LogP contribution is -2.03. The summed E-state index contributed by atoms with van der Waals surface area (Å²) in [5.41, 5.74) is -0.278. The number of phenols is 1. The fraction of sp³-hybridized carbons (Fsp3) is 0. The smallest absolute Gasteiger partial charge is 0.335 e. The van der Waals surface area contributed by atoms with Crippen LogP contribution in [0.2, 0.25) is 0 Å². The number of rotatable bonds is 3. The first kappa shape index (κ1) is 10.7. The molecule has 0 aliphatic heterocycles. The molecule has 78 valence electrons. The third kappa shape index (κ3) is 2.53. The van der Waals surface area contributed by atoms with Crippen LogP contribution in [-0.4, -0.2) is 16.0 Å². The largest absolute Gasteiger partial charge is 0.504 e. The van der Waals surface area contributed by atoms with Gasteiger partial charge in [-0.2, -0.15) is 0 Å². The van der Waals surface area contributed by atoms with Gasteiger partial charge >= 0.3 is 5.97 Å². The van der Waals surface area contributed by atoms with Crippen LogP contribution in [0.3, 0.4) is 0 Å². The summed E-state index contributed by atoms with van der Waals surface area (Å²) in [4.78, 5) is 20.5. The number of esters is 1. The highest BCUT2D eigenvalue weighted by Crippen LogP contribution is 2.30. The van der Waals surface area contributed by atoms with Crippen molar-refractivity contribution >= 4 is 11.7 Å². The number of phenolic OH excluding ortho intramolecular Hbond substituents is 1. The second-order valence-electron chi connectivity index (χ2n) is 2.53. The molecule has 0 radical (unpaired) electrons. The summed E-state index contributed by atoms with van der Waals surface area (Å²) in [7, 11) is 0. The van der Waals surface area contributed by atoms with E-state index >= 15 is 0 Å². The van der Waals surface area contributed by atoms with E-state index in [-0.39, 0.29) is 17.2 Å². The Morgan fingerprint density at radius 3 is 2.80 bits per heavy atom. The quantitative estimate of drug-likeness (QED) is 0.267. The normalized spacial score (nSPS) is 9.33. The molecule has 0 atom stereocenters. The summed E-state index contributed by atoms with van der Waals surface area (Å²) in [6.45, 7) is 3.15. The van der Waals surface area contributed by atoms with Crippen LogP contribution in [0.5, 0.6) is 11.5 Å². The molecule has 0 heterocycles. The number of hydrogen-bond acceptors (Lipinski definition) is 5. The van der Waals surface area contributed by atoms with Crippen LogP contribution >= 0.6 is 0 Å². The molecule has 1 rings (SSSR count). The van der Waals surface area contributed by atoms with Gasteiger partial charge in [-0.25, -0.2) is 4.79 Å². The lowest BCUT2D eigenvalue weighted by molar-refractivity contribution is -0.384. The zero-order valence-corrected chi connectivity index (χ0v) is 7.54. The first-order valence-corrected chi connectivity index (χ1v) is 3.86. The molecule has 0 amide bonds. The Labute approximate surface area is 84.6 Å². The van der Waals surface area contributed by atoms with Crippen LogP contribution in [0.4, 0.5) is 5.69 Å². The van der Waals surface area contributed by atoms with Crippen molar-refractivity contribution in [2.45, 2.75) is 0 Å². The van der Waals surface area contributed by atoms with Crippen molar-refractivity contribution in [3.63, 3.8) is 0 Å². The van der Waals surface area contributed by atoms with Crippen molar-refractivity contribution in [1.29, 1.82) is 0 Å². The van der Waals surface area contributed by atoms with Gasteiger partial charge < -0.3 is 9.84 Å². The maximum absolute atomic E-state index is 10.8. The molecule has 0 aliphatic rings. The van der Waals surface area contributed by atoms with Gasteiger partial charge in [-0.1, -0.05) is 6.58 Å². The van der Waals surface area contributed by atoms with E-state index in [4.69, 9.17) is 0 Å². The summed E-state index contributed by atoms with van der Waals surface area (Å²) in [6, 6.07) is 3.13. The molecule has 0 saturated heterocycles. The molecule has 1 aromatic carbocycles. The molecule has 15 heavy (non-hydrogen) atoms. The van der Waals surface area contributed by atoms with Crippen molar-refractivity contribution in [1.82, 2.24) is 0 Å². The topological polar surface area (TPSA) is 89.7 Å². The Hall–Kier alpha value is -2.37. The number of nitrogens with zero attached hydrogens (tertiary/aromatic N) is 1. The summed E-state index contributed by atoms with van der Waals surface area (Å²) in [5, 5.41) is 19.6. The van der Waals surface area contributed by atoms with Crippen LogP contribution in [0.1, 0.15) is 0 Å². The fourth-order valence-corrected chi connectivity index (χ4v) is 0.848. The van der Waals surface area contributed by atoms with Crippen molar-refractivity contribution in [3.05, 3.63) is 41.0 Å². The molecule has 0 spiro atoms. The Bertz CT molecular complexity index is 427. The predicted molar refractivity (Wildman–Crippen MR) is 50.6 cm³/mol. The number of nitro groups is 1. The highest BCUT2D eigenvalue weighted by atomic mass is 16.6. The zero-order chi connectivity index (χ0) is 11.4. The minimum atomic E-state index is -0.800. The number of nitro benzene ring substituents is 1. The second kappa shape index (κ2) is 4.23. The summed E-state index contributed by atoms with van der Waals surface area (Å²) in [5.74, 6) is -1.42. The molecule has 1 aromatic rings. The number of carbonyl (C=O) groups is 1. The van der Waals surface area contributed by atoms with Gasteiger partial charge in [0.2, 0.25) is 0 Å². The van der Waals surface area contributed by atoms with Crippen molar-refractivity contribution in [2.75, 3.05) is 0 Å². The van der Waals surface area contributed by atoms with Crippen LogP contribution in [0.15, 0.2) is 30.9 Å². The summed E-state index contributed by atoms with van der Waals surface area (Å²) < 4.78 is 4.57. The third-order valence-corrected chi connectivity index (χ3v) is 1.53. The van der Waals surface area contributed by atoms with Gasteiger partial charge in [-0.05, 0) is 6.07 Å². The maximum Gasteiger partial charge on any atom is 0.335 e. The number of carbonyl (C=O) groups excluding carboxylic acids is 1. The Kier molecular flexibility index (Phi) is 3.02. The molecule has 0 fully saturated rings. The molecule has 0 aromatic heterocycles. The van der Waals surface area contributed by atoms with Crippen LogP contribution in [0, 0.1) is 10.1 Å². The number of hydrogen-bond donors (Lipinski definition) is 1. The van der Waals surface area contributed by atoms with Gasteiger partial charge in [0.1, 0.15) is 0 Å². The molecule has 0 aliphatic carbocycles. The maximum atomic E-state index is 10.8. The average Bonchev–Trinajstić information content (AvgIpc) is 2.20. The molecular weight excluding hydrogens is 202 g/mol. The minimum absolute atomic E-state index is 0.269. The molecule has 0 bridgehead atoms. The van der Waals surface area contributed by atoms with Crippen molar-refractivity contribution in [3.8, 4) is 11.5 Å². The SMILES string of the molecule is C=CC(=O)Oc1cc([N+](=O)[O-])ccc1O. The first-order chi connectivity index (χ1) is 7.04. The van der Waals surface area contributed by atoms with E-state index in [1.807, 2.05) is 0 Å². The van der Waals surface area contributed by atoms with Crippen LogP contribution in [-0.2, 0) is 4.79 Å². The summed E-state index contributed by atoms with van der Waals surface area (Å²) in [6.07, 6.45) is 0.887. The van der Waals surface area contributed by atoms with E-state index in [2.05, 4.69) is 11.3 Å². The Morgan fingerprint density at radius 1 is 1.60 bits per heavy atom. The average molecular weight is 209 g/mol. The van der Waals surface area contributed by atoms with Crippen molar-refractivity contribution in [2.24, 2.45) is 0 Å². The molecule has 0 saturated carbocycles. The Morgan fingerprint density at radius 2 is 2.27 bits per heavy atom. The highest BCUT2D eigenvalue weighted by molar-refractivity contribution is 5.84. The third-order valence-electron chi connectivity index (χ3n) is 1.53. The fourth-order valence-electron chi connectivity index (χ4n) is 0.848. The molecular formula is C9H7NO5. The molecule has 0 unspecified atom stereocenters. The highest BCUT2D eigenvalue weighted by Gasteiger charge is 2.12. The molecule has 6 nitrogen and oxygen atoms in total. The lowest BCUT2D eigenvalue weighted by Gasteiger charge is -2.03. The van der Waals surface area contributed by atoms with E-state index in [1.165, 1.54) is 0 Å². The number of non-ortho nitro benzene ring substituents is 1. The van der Waals surface area contributed by atoms with Crippen LogP contribution in [0.25, 0.3) is 0 Å². The number of benzene rings is 1. The zero-order valence-electron chi connectivity index (χ0n) is 7.54. The summed E-state index contributed by atoms with van der Waals surface area (Å²) >= 11 is 0. The molecule has 1 N–H and O–H groups in total. The second-order valence-corrected chi connectivity index (χ2v) is 2.53. The van der Waals surface area contributed by atoms with Crippen molar-refractivity contribution < 1.29 is 19.6 Å². The van der Waals surface area contributed by atoms with Gasteiger partial charge in [-0.15, -0.1) is 0 Å². The van der Waals surface area contributed by atoms with E-state index in [9.17, 15) is 20.0 Å². The molecule has 6 heteroatoms.